The Bertz CT molecular complexity index is 623. The molecule has 5 aliphatic rings. The molecule has 6 atom stereocenters. The van der Waals surface area contributed by atoms with Crippen molar-refractivity contribution in [2.45, 2.75) is 116 Å². The maximum absolute atomic E-state index is 12.7. The summed E-state index contributed by atoms with van der Waals surface area (Å²) >= 11 is 0. The second-order valence-electron chi connectivity index (χ2n) is 12.8. The van der Waals surface area contributed by atoms with Crippen molar-refractivity contribution in [1.82, 2.24) is 0 Å². The van der Waals surface area contributed by atoms with Crippen LogP contribution < -0.4 is 0 Å². The van der Waals surface area contributed by atoms with Gasteiger partial charge in [0.1, 0.15) is 0 Å². The number of rotatable bonds is 6. The highest BCUT2D eigenvalue weighted by Crippen LogP contribution is 2.44. The normalized spacial score (nSPS) is 40.5. The average Bonchev–Trinajstić information content (AvgIpc) is 2.90. The van der Waals surface area contributed by atoms with Gasteiger partial charge in [-0.25, -0.2) is 0 Å². The molecule has 4 heteroatoms. The molecule has 0 radical (unpaired) electrons. The van der Waals surface area contributed by atoms with Crippen LogP contribution >= 0.6 is 0 Å². The molecule has 192 valence electrons. The van der Waals surface area contributed by atoms with Crippen LogP contribution in [-0.4, -0.2) is 25.2 Å². The summed E-state index contributed by atoms with van der Waals surface area (Å²) in [7, 11) is 0. The van der Waals surface area contributed by atoms with Crippen molar-refractivity contribution in [1.29, 1.82) is 0 Å². The van der Waals surface area contributed by atoms with E-state index in [4.69, 9.17) is 9.47 Å². The van der Waals surface area contributed by atoms with Crippen LogP contribution in [0.1, 0.15) is 116 Å². The number of esters is 2. The third kappa shape index (κ3) is 6.19. The third-order valence-electron chi connectivity index (χ3n) is 10.6. The molecule has 0 aliphatic heterocycles. The fraction of sp³-hybridized carbons (Fsp3) is 0.933. The van der Waals surface area contributed by atoms with Gasteiger partial charge in [0, 0.05) is 0 Å². The highest BCUT2D eigenvalue weighted by atomic mass is 16.5. The van der Waals surface area contributed by atoms with Gasteiger partial charge in [-0.1, -0.05) is 51.4 Å². The van der Waals surface area contributed by atoms with Crippen molar-refractivity contribution in [3.8, 4) is 0 Å². The highest BCUT2D eigenvalue weighted by molar-refractivity contribution is 5.73. The van der Waals surface area contributed by atoms with Gasteiger partial charge in [0.2, 0.25) is 0 Å². The molecular weight excluding hydrogens is 424 g/mol. The SMILES string of the molecule is O=C(OCC1CCC(COC(=O)C2CCC3CCCCC3C2)CC1)C1CCC2CCCCC2C1. The average molecular weight is 473 g/mol. The zero-order valence-corrected chi connectivity index (χ0v) is 21.4. The standard InChI is InChI=1S/C30H48O4/c31-29(27-15-13-23-5-1-3-7-25(23)17-27)33-19-21-9-11-22(12-10-21)20-34-30(32)28-16-14-24-6-2-4-8-26(24)18-28/h21-28H,1-20H2. The van der Waals surface area contributed by atoms with E-state index in [1.54, 1.807) is 0 Å². The van der Waals surface area contributed by atoms with Crippen LogP contribution in [0.5, 0.6) is 0 Å². The molecule has 6 unspecified atom stereocenters. The summed E-state index contributed by atoms with van der Waals surface area (Å²) in [6, 6.07) is 0. The summed E-state index contributed by atoms with van der Waals surface area (Å²) in [5.74, 6) is 4.74. The largest absolute Gasteiger partial charge is 0.465 e. The first-order valence-electron chi connectivity index (χ1n) is 15.0. The van der Waals surface area contributed by atoms with E-state index in [2.05, 4.69) is 0 Å². The van der Waals surface area contributed by atoms with Crippen LogP contribution in [0.3, 0.4) is 0 Å². The molecular formula is C30H48O4. The van der Waals surface area contributed by atoms with Crippen molar-refractivity contribution in [2.24, 2.45) is 47.3 Å². The zero-order chi connectivity index (χ0) is 23.3. The van der Waals surface area contributed by atoms with Gasteiger partial charge in [-0.05, 0) is 99.7 Å². The van der Waals surface area contributed by atoms with Crippen molar-refractivity contribution in [2.75, 3.05) is 13.2 Å². The Hall–Kier alpha value is -1.06. The van der Waals surface area contributed by atoms with Gasteiger partial charge in [0.25, 0.3) is 0 Å². The van der Waals surface area contributed by atoms with E-state index in [9.17, 15) is 9.59 Å². The van der Waals surface area contributed by atoms with Gasteiger partial charge in [-0.15, -0.1) is 0 Å². The fourth-order valence-electron chi connectivity index (χ4n) is 8.38. The van der Waals surface area contributed by atoms with Crippen LogP contribution in [0.2, 0.25) is 0 Å². The van der Waals surface area contributed by atoms with Crippen molar-refractivity contribution >= 4 is 11.9 Å². The Morgan fingerprint density at radius 2 is 0.853 bits per heavy atom. The van der Waals surface area contributed by atoms with E-state index in [-0.39, 0.29) is 23.8 Å². The number of hydrogen-bond donors (Lipinski definition) is 0. The number of carbonyl (C=O) groups is 2. The molecule has 5 fully saturated rings. The molecule has 0 aromatic rings. The summed E-state index contributed by atoms with van der Waals surface area (Å²) < 4.78 is 11.7. The van der Waals surface area contributed by atoms with Gasteiger partial charge >= 0.3 is 11.9 Å². The van der Waals surface area contributed by atoms with Crippen LogP contribution in [-0.2, 0) is 19.1 Å². The predicted molar refractivity (Wildman–Crippen MR) is 133 cm³/mol. The Kier molecular flexibility index (Phi) is 8.53. The van der Waals surface area contributed by atoms with E-state index < -0.39 is 0 Å². The van der Waals surface area contributed by atoms with Crippen LogP contribution in [0.15, 0.2) is 0 Å². The summed E-state index contributed by atoms with van der Waals surface area (Å²) in [6.45, 7) is 1.20. The van der Waals surface area contributed by atoms with E-state index in [0.717, 1.165) is 75.0 Å². The van der Waals surface area contributed by atoms with E-state index in [0.29, 0.717) is 25.0 Å². The van der Waals surface area contributed by atoms with Crippen LogP contribution in [0.4, 0.5) is 0 Å². The number of ether oxygens (including phenoxy) is 2. The first-order valence-corrected chi connectivity index (χ1v) is 15.0. The second kappa shape index (κ2) is 11.8. The van der Waals surface area contributed by atoms with Gasteiger partial charge in [0.05, 0.1) is 25.0 Å². The first-order chi connectivity index (χ1) is 16.7. The lowest BCUT2D eigenvalue weighted by atomic mass is 9.67. The number of fused-ring (bicyclic) bond motifs is 2. The zero-order valence-electron chi connectivity index (χ0n) is 21.4. The maximum atomic E-state index is 12.7. The number of hydrogen-bond acceptors (Lipinski definition) is 4. The molecule has 0 heterocycles. The molecule has 0 bridgehead atoms. The smallest absolute Gasteiger partial charge is 0.308 e. The van der Waals surface area contributed by atoms with Crippen molar-refractivity contribution in [3.05, 3.63) is 0 Å². The van der Waals surface area contributed by atoms with E-state index in [1.807, 2.05) is 0 Å². The summed E-state index contributed by atoms with van der Waals surface area (Å²) in [4.78, 5) is 25.4. The molecule has 0 saturated heterocycles. The molecule has 5 saturated carbocycles. The fourth-order valence-corrected chi connectivity index (χ4v) is 8.38. The second-order valence-corrected chi connectivity index (χ2v) is 12.8. The Morgan fingerprint density at radius 3 is 1.26 bits per heavy atom. The lowest BCUT2D eigenvalue weighted by Crippen LogP contribution is -2.33. The van der Waals surface area contributed by atoms with Crippen molar-refractivity contribution < 1.29 is 19.1 Å². The summed E-state index contributed by atoms with van der Waals surface area (Å²) in [5.41, 5.74) is 0. The molecule has 4 nitrogen and oxygen atoms in total. The predicted octanol–water partition coefficient (Wildman–Crippen LogP) is 7.09. The highest BCUT2D eigenvalue weighted by Gasteiger charge is 2.37. The minimum Gasteiger partial charge on any atom is -0.465 e. The minimum atomic E-state index is 0.0766. The summed E-state index contributed by atoms with van der Waals surface area (Å²) in [6.07, 6.45) is 22.0. The maximum Gasteiger partial charge on any atom is 0.308 e. The molecule has 0 spiro atoms. The van der Waals surface area contributed by atoms with Crippen LogP contribution in [0, 0.1) is 47.3 Å². The van der Waals surface area contributed by atoms with Gasteiger partial charge < -0.3 is 9.47 Å². The van der Waals surface area contributed by atoms with Crippen molar-refractivity contribution in [3.63, 3.8) is 0 Å². The van der Waals surface area contributed by atoms with E-state index in [1.165, 1.54) is 64.2 Å². The lowest BCUT2D eigenvalue weighted by molar-refractivity contribution is -0.155. The molecule has 0 aromatic heterocycles. The molecule has 0 N–H and O–H groups in total. The Labute approximate surface area is 207 Å². The first kappa shape index (κ1) is 24.6. The quantitative estimate of drug-likeness (QED) is 0.387. The van der Waals surface area contributed by atoms with Gasteiger partial charge in [0.15, 0.2) is 0 Å². The molecule has 5 aliphatic carbocycles. The number of carbonyl (C=O) groups excluding carboxylic acids is 2. The van der Waals surface area contributed by atoms with Gasteiger partial charge in [-0.2, -0.15) is 0 Å². The third-order valence-corrected chi connectivity index (χ3v) is 10.6. The summed E-state index contributed by atoms with van der Waals surface area (Å²) in [5, 5.41) is 0. The topological polar surface area (TPSA) is 52.6 Å². The molecule has 0 amide bonds. The Balaban J connectivity index is 0.960. The molecule has 5 rings (SSSR count). The minimum absolute atomic E-state index is 0.0766. The Morgan fingerprint density at radius 1 is 0.471 bits per heavy atom. The van der Waals surface area contributed by atoms with E-state index >= 15 is 0 Å². The lowest BCUT2D eigenvalue weighted by Gasteiger charge is -2.38. The monoisotopic (exact) mass is 472 g/mol. The van der Waals surface area contributed by atoms with Crippen LogP contribution in [0.25, 0.3) is 0 Å². The molecule has 0 aromatic carbocycles. The van der Waals surface area contributed by atoms with Gasteiger partial charge in [-0.3, -0.25) is 9.59 Å². The molecule has 34 heavy (non-hydrogen) atoms.